The van der Waals surface area contributed by atoms with Gasteiger partial charge in [0.1, 0.15) is 5.82 Å². The number of aryl methyl sites for hydroxylation is 1. The summed E-state index contributed by atoms with van der Waals surface area (Å²) >= 11 is 1.53. The van der Waals surface area contributed by atoms with Crippen molar-refractivity contribution in [1.82, 2.24) is 0 Å². The minimum atomic E-state index is -0.174. The van der Waals surface area contributed by atoms with E-state index in [1.165, 1.54) is 17.4 Å². The van der Waals surface area contributed by atoms with Crippen molar-refractivity contribution in [3.63, 3.8) is 0 Å². The lowest BCUT2D eigenvalue weighted by molar-refractivity contribution is 0.630. The van der Waals surface area contributed by atoms with E-state index in [1.54, 1.807) is 12.1 Å². The Hall–Kier alpha value is -0.890. The summed E-state index contributed by atoms with van der Waals surface area (Å²) in [6.07, 6.45) is 0. The van der Waals surface area contributed by atoms with Gasteiger partial charge in [-0.3, -0.25) is 0 Å². The second-order valence-electron chi connectivity index (χ2n) is 2.45. The summed E-state index contributed by atoms with van der Waals surface area (Å²) in [7, 11) is 0. The van der Waals surface area contributed by atoms with Gasteiger partial charge in [0.15, 0.2) is 0 Å². The van der Waals surface area contributed by atoms with Crippen LogP contribution in [0.1, 0.15) is 4.88 Å². The topological polar surface area (TPSA) is 0 Å². The van der Waals surface area contributed by atoms with E-state index in [-0.39, 0.29) is 5.82 Å². The molecule has 0 unspecified atom stereocenters. The minimum Gasteiger partial charge on any atom is -0.207 e. The van der Waals surface area contributed by atoms with Crippen LogP contribution in [-0.2, 0) is 0 Å². The summed E-state index contributed by atoms with van der Waals surface area (Å²) in [6, 6.07) is 4.77. The fourth-order valence-electron chi connectivity index (χ4n) is 1.08. The minimum absolute atomic E-state index is 0.174. The van der Waals surface area contributed by atoms with Crippen molar-refractivity contribution >= 4 is 22.1 Å². The lowest BCUT2D eigenvalue weighted by Crippen LogP contribution is -1.71. The monoisotopic (exact) mass is 165 g/mol. The summed E-state index contributed by atoms with van der Waals surface area (Å²) in [5, 5.41) is 5.08. The van der Waals surface area contributed by atoms with Gasteiger partial charge in [0.05, 0.1) is 5.38 Å². The summed E-state index contributed by atoms with van der Waals surface area (Å²) in [4.78, 5) is 1.12. The van der Waals surface area contributed by atoms with E-state index in [2.05, 4.69) is 5.38 Å². The zero-order valence-corrected chi connectivity index (χ0v) is 6.83. The van der Waals surface area contributed by atoms with Crippen LogP contribution in [0.25, 0.3) is 10.8 Å². The van der Waals surface area contributed by atoms with Gasteiger partial charge in [-0.1, -0.05) is 0 Å². The Balaban J connectivity index is 2.87. The number of hydrogen-bond acceptors (Lipinski definition) is 1. The molecular weight excluding hydrogens is 159 g/mol. The highest BCUT2D eigenvalue weighted by Crippen LogP contribution is 2.24. The van der Waals surface area contributed by atoms with E-state index in [0.717, 1.165) is 15.6 Å². The number of benzene rings is 1. The van der Waals surface area contributed by atoms with Crippen LogP contribution < -0.4 is 0 Å². The molecular formula is C9H6FS. The molecule has 0 aliphatic carbocycles. The van der Waals surface area contributed by atoms with Crippen molar-refractivity contribution in [2.24, 2.45) is 0 Å². The van der Waals surface area contributed by atoms with Crippen LogP contribution in [0.4, 0.5) is 4.39 Å². The van der Waals surface area contributed by atoms with E-state index in [4.69, 9.17) is 0 Å². The molecule has 0 saturated carbocycles. The SMILES string of the molecule is Cc1s[c]c2ccc(F)cc12. The average molecular weight is 165 g/mol. The molecule has 1 aromatic carbocycles. The molecule has 0 saturated heterocycles. The van der Waals surface area contributed by atoms with E-state index < -0.39 is 0 Å². The van der Waals surface area contributed by atoms with Gasteiger partial charge in [0.2, 0.25) is 0 Å². The van der Waals surface area contributed by atoms with Crippen LogP contribution in [0.2, 0.25) is 0 Å². The zero-order valence-electron chi connectivity index (χ0n) is 6.02. The van der Waals surface area contributed by atoms with Gasteiger partial charge in [-0.25, -0.2) is 4.39 Å². The maximum atomic E-state index is 12.7. The van der Waals surface area contributed by atoms with Gasteiger partial charge in [-0.2, -0.15) is 0 Å². The third-order valence-electron chi connectivity index (χ3n) is 1.67. The zero-order chi connectivity index (χ0) is 7.84. The van der Waals surface area contributed by atoms with Crippen molar-refractivity contribution in [3.8, 4) is 0 Å². The van der Waals surface area contributed by atoms with Crippen LogP contribution >= 0.6 is 11.3 Å². The molecule has 55 valence electrons. The van der Waals surface area contributed by atoms with Crippen molar-refractivity contribution in [3.05, 3.63) is 34.3 Å². The third kappa shape index (κ3) is 1.03. The first kappa shape index (κ1) is 6.80. The number of hydrogen-bond donors (Lipinski definition) is 0. The van der Waals surface area contributed by atoms with Crippen LogP contribution in [0.3, 0.4) is 0 Å². The van der Waals surface area contributed by atoms with E-state index in [9.17, 15) is 4.39 Å². The molecule has 0 aliphatic rings. The van der Waals surface area contributed by atoms with Gasteiger partial charge in [-0.15, -0.1) is 11.3 Å². The molecule has 0 N–H and O–H groups in total. The van der Waals surface area contributed by atoms with Crippen molar-refractivity contribution in [2.75, 3.05) is 0 Å². The van der Waals surface area contributed by atoms with Crippen molar-refractivity contribution < 1.29 is 4.39 Å². The lowest BCUT2D eigenvalue weighted by Gasteiger charge is -1.90. The van der Waals surface area contributed by atoms with Gasteiger partial charge in [0, 0.05) is 10.3 Å². The summed E-state index contributed by atoms with van der Waals surface area (Å²) in [6.45, 7) is 1.98. The predicted molar refractivity (Wildman–Crippen MR) is 45.4 cm³/mol. The largest absolute Gasteiger partial charge is 0.207 e. The van der Waals surface area contributed by atoms with Crippen molar-refractivity contribution in [1.29, 1.82) is 0 Å². The van der Waals surface area contributed by atoms with Gasteiger partial charge in [0.25, 0.3) is 0 Å². The fourth-order valence-corrected chi connectivity index (χ4v) is 1.80. The molecule has 0 bridgehead atoms. The quantitative estimate of drug-likeness (QED) is 0.562. The predicted octanol–water partition coefficient (Wildman–Crippen LogP) is 3.15. The van der Waals surface area contributed by atoms with Crippen LogP contribution in [0.5, 0.6) is 0 Å². The molecule has 0 spiro atoms. The van der Waals surface area contributed by atoms with Crippen molar-refractivity contribution in [2.45, 2.75) is 6.92 Å². The Morgan fingerprint density at radius 3 is 3.09 bits per heavy atom. The standard InChI is InChI=1S/C9H6FS/c1-6-9-4-8(10)3-2-7(9)5-11-6/h2-4H,1H3. The van der Waals surface area contributed by atoms with Crippen LogP contribution in [0.15, 0.2) is 18.2 Å². The highest BCUT2D eigenvalue weighted by atomic mass is 32.1. The molecule has 2 aromatic rings. The average Bonchev–Trinajstić information content (AvgIpc) is 2.33. The molecule has 2 heteroatoms. The van der Waals surface area contributed by atoms with Gasteiger partial charge in [-0.05, 0) is 30.5 Å². The molecule has 2 rings (SSSR count). The number of halogens is 1. The number of thiophene rings is 1. The Kier molecular flexibility index (Phi) is 1.43. The van der Waals surface area contributed by atoms with Gasteiger partial charge >= 0.3 is 0 Å². The Bertz CT molecular complexity index is 389. The first-order chi connectivity index (χ1) is 5.27. The maximum absolute atomic E-state index is 12.7. The van der Waals surface area contributed by atoms with Crippen LogP contribution in [-0.4, -0.2) is 0 Å². The first-order valence-electron chi connectivity index (χ1n) is 3.34. The van der Waals surface area contributed by atoms with E-state index in [0.29, 0.717) is 0 Å². The molecule has 1 aromatic heterocycles. The number of fused-ring (bicyclic) bond motifs is 1. The molecule has 0 amide bonds. The molecule has 1 radical (unpaired) electrons. The summed E-state index contributed by atoms with van der Waals surface area (Å²) in [5.74, 6) is -0.174. The number of rotatable bonds is 0. The van der Waals surface area contributed by atoms with Crippen LogP contribution in [0, 0.1) is 18.1 Å². The maximum Gasteiger partial charge on any atom is 0.123 e. The Morgan fingerprint density at radius 2 is 2.27 bits per heavy atom. The Morgan fingerprint density at radius 1 is 1.45 bits per heavy atom. The molecule has 11 heavy (non-hydrogen) atoms. The molecule has 0 atom stereocenters. The first-order valence-corrected chi connectivity index (χ1v) is 4.15. The molecule has 0 nitrogen and oxygen atoms in total. The lowest BCUT2D eigenvalue weighted by atomic mass is 10.2. The second kappa shape index (κ2) is 2.31. The molecule has 1 heterocycles. The van der Waals surface area contributed by atoms with E-state index in [1.807, 2.05) is 6.92 Å². The molecule has 0 fully saturated rings. The third-order valence-corrected chi connectivity index (χ3v) is 2.52. The molecule has 0 aliphatic heterocycles. The smallest absolute Gasteiger partial charge is 0.123 e. The highest BCUT2D eigenvalue weighted by molar-refractivity contribution is 7.11. The normalized spacial score (nSPS) is 10.7. The summed E-state index contributed by atoms with van der Waals surface area (Å²) < 4.78 is 12.7. The Labute approximate surface area is 68.3 Å². The van der Waals surface area contributed by atoms with E-state index >= 15 is 0 Å². The highest BCUT2D eigenvalue weighted by Gasteiger charge is 2.00. The fraction of sp³-hybridized carbons (Fsp3) is 0.111. The second-order valence-corrected chi connectivity index (χ2v) is 3.47. The van der Waals surface area contributed by atoms with Gasteiger partial charge < -0.3 is 0 Å². The summed E-state index contributed by atoms with van der Waals surface area (Å²) in [5.41, 5.74) is 0.